The molecule has 0 unspecified atom stereocenters. The number of nitrogens with two attached hydrogens (primary N) is 1. The van der Waals surface area contributed by atoms with Gasteiger partial charge in [0.25, 0.3) is 6.43 Å². The minimum atomic E-state index is -2.65. The first-order chi connectivity index (χ1) is 7.11. The highest BCUT2D eigenvalue weighted by Crippen LogP contribution is 2.30. The van der Waals surface area contributed by atoms with Crippen molar-refractivity contribution in [1.29, 1.82) is 5.26 Å². The van der Waals surface area contributed by atoms with Crippen molar-refractivity contribution in [3.63, 3.8) is 0 Å². The molecular weight excluding hydrogens is 268 g/mol. The molecule has 3 nitrogen and oxygen atoms in total. The van der Waals surface area contributed by atoms with Crippen molar-refractivity contribution in [1.82, 2.24) is 4.98 Å². The van der Waals surface area contributed by atoms with E-state index in [0.717, 1.165) is 0 Å². The van der Waals surface area contributed by atoms with Gasteiger partial charge in [-0.15, -0.1) is 0 Å². The minimum Gasteiger partial charge on any atom is -0.326 e. The second-order valence-electron chi connectivity index (χ2n) is 2.81. The first-order valence-electron chi connectivity index (χ1n) is 4.13. The number of halogens is 3. The van der Waals surface area contributed by atoms with Crippen LogP contribution in [0.4, 0.5) is 8.78 Å². The van der Waals surface area contributed by atoms with E-state index in [9.17, 15) is 8.78 Å². The average Bonchev–Trinajstić information content (AvgIpc) is 2.20. The van der Waals surface area contributed by atoms with Crippen molar-refractivity contribution in [3.05, 3.63) is 27.5 Å². The molecule has 0 bridgehead atoms. The van der Waals surface area contributed by atoms with Crippen LogP contribution in [0.5, 0.6) is 0 Å². The van der Waals surface area contributed by atoms with Gasteiger partial charge in [-0.25, -0.2) is 13.8 Å². The molecule has 0 atom stereocenters. The summed E-state index contributed by atoms with van der Waals surface area (Å²) in [4.78, 5) is 3.86. The van der Waals surface area contributed by atoms with Crippen LogP contribution in [0.1, 0.15) is 23.1 Å². The van der Waals surface area contributed by atoms with Crippen molar-refractivity contribution < 1.29 is 8.78 Å². The SMILES string of the molecule is N#CCc1c(Br)ncc(CN)c1C(F)F. The molecule has 1 rings (SSSR count). The molecule has 0 radical (unpaired) electrons. The van der Waals surface area contributed by atoms with Crippen molar-refractivity contribution in [2.24, 2.45) is 5.73 Å². The summed E-state index contributed by atoms with van der Waals surface area (Å²) in [6, 6.07) is 1.83. The predicted octanol–water partition coefficient (Wildman–Crippen LogP) is 2.31. The van der Waals surface area contributed by atoms with E-state index in [1.165, 1.54) is 6.20 Å². The molecule has 0 aliphatic carbocycles. The first-order valence-corrected chi connectivity index (χ1v) is 4.92. The van der Waals surface area contributed by atoms with Crippen LogP contribution in [0, 0.1) is 11.3 Å². The molecule has 0 saturated heterocycles. The predicted molar refractivity (Wildman–Crippen MR) is 54.1 cm³/mol. The summed E-state index contributed by atoms with van der Waals surface area (Å²) in [7, 11) is 0. The quantitative estimate of drug-likeness (QED) is 0.861. The number of nitrogens with zero attached hydrogens (tertiary/aromatic N) is 2. The van der Waals surface area contributed by atoms with Crippen LogP contribution in [0.15, 0.2) is 10.8 Å². The zero-order valence-electron chi connectivity index (χ0n) is 7.67. The normalized spacial score (nSPS) is 10.4. The van der Waals surface area contributed by atoms with E-state index in [1.54, 1.807) is 0 Å². The fourth-order valence-corrected chi connectivity index (χ4v) is 1.72. The van der Waals surface area contributed by atoms with Gasteiger partial charge in [0.1, 0.15) is 4.60 Å². The Balaban J connectivity index is 3.38. The summed E-state index contributed by atoms with van der Waals surface area (Å²) in [5, 5.41) is 8.54. The Labute approximate surface area is 94.0 Å². The zero-order valence-corrected chi connectivity index (χ0v) is 9.26. The van der Waals surface area contributed by atoms with E-state index in [2.05, 4.69) is 20.9 Å². The minimum absolute atomic E-state index is 0.0155. The number of pyridine rings is 1. The van der Waals surface area contributed by atoms with Gasteiger partial charge < -0.3 is 5.73 Å². The van der Waals surface area contributed by atoms with Gasteiger partial charge in [0.15, 0.2) is 0 Å². The number of hydrogen-bond donors (Lipinski definition) is 1. The van der Waals surface area contributed by atoms with Crippen LogP contribution >= 0.6 is 15.9 Å². The standard InChI is InChI=1S/C9H8BrF2N3/c10-8-6(1-2-13)7(9(11)12)5(3-14)4-15-8/h4,9H,1,3,14H2. The number of aromatic nitrogens is 1. The number of nitriles is 1. The fraction of sp³-hybridized carbons (Fsp3) is 0.333. The summed E-state index contributed by atoms with van der Waals surface area (Å²) in [5.74, 6) is 0. The Morgan fingerprint density at radius 1 is 1.60 bits per heavy atom. The van der Waals surface area contributed by atoms with Crippen molar-refractivity contribution in [2.45, 2.75) is 19.4 Å². The maximum absolute atomic E-state index is 12.8. The van der Waals surface area contributed by atoms with Gasteiger partial charge in [-0.05, 0) is 21.5 Å². The Morgan fingerprint density at radius 3 is 2.73 bits per heavy atom. The summed E-state index contributed by atoms with van der Waals surface area (Å²) >= 11 is 3.04. The second kappa shape index (κ2) is 5.14. The van der Waals surface area contributed by atoms with Crippen molar-refractivity contribution >= 4 is 15.9 Å². The molecule has 0 amide bonds. The molecule has 1 aromatic rings. The zero-order chi connectivity index (χ0) is 11.4. The molecule has 0 saturated carbocycles. The van der Waals surface area contributed by atoms with Gasteiger partial charge in [-0.3, -0.25) is 0 Å². The molecule has 0 spiro atoms. The van der Waals surface area contributed by atoms with Gasteiger partial charge in [0.05, 0.1) is 12.5 Å². The lowest BCUT2D eigenvalue weighted by Gasteiger charge is -2.12. The lowest BCUT2D eigenvalue weighted by atomic mass is 10.0. The Hall–Kier alpha value is -1.06. The van der Waals surface area contributed by atoms with Gasteiger partial charge >= 0.3 is 0 Å². The number of hydrogen-bond acceptors (Lipinski definition) is 3. The highest BCUT2D eigenvalue weighted by Gasteiger charge is 2.20. The molecule has 0 aliphatic heterocycles. The molecule has 2 N–H and O–H groups in total. The molecule has 0 aliphatic rings. The van der Waals surface area contributed by atoms with Crippen molar-refractivity contribution in [3.8, 4) is 6.07 Å². The van der Waals surface area contributed by atoms with Crippen LogP contribution in [-0.4, -0.2) is 4.98 Å². The number of alkyl halides is 2. The average molecular weight is 276 g/mol. The van der Waals surface area contributed by atoms with E-state index >= 15 is 0 Å². The lowest BCUT2D eigenvalue weighted by Crippen LogP contribution is -2.07. The maximum atomic E-state index is 12.8. The first kappa shape index (κ1) is 12.0. The van der Waals surface area contributed by atoms with Crippen LogP contribution in [-0.2, 0) is 13.0 Å². The van der Waals surface area contributed by atoms with Crippen LogP contribution < -0.4 is 5.73 Å². The van der Waals surface area contributed by atoms with Gasteiger partial charge in [0.2, 0.25) is 0 Å². The van der Waals surface area contributed by atoms with Crippen LogP contribution in [0.2, 0.25) is 0 Å². The van der Waals surface area contributed by atoms with Gasteiger partial charge in [0, 0.05) is 23.9 Å². The highest BCUT2D eigenvalue weighted by molar-refractivity contribution is 9.10. The largest absolute Gasteiger partial charge is 0.326 e. The van der Waals surface area contributed by atoms with Crippen LogP contribution in [0.25, 0.3) is 0 Å². The topological polar surface area (TPSA) is 62.7 Å². The van der Waals surface area contributed by atoms with Crippen LogP contribution in [0.3, 0.4) is 0 Å². The molecule has 15 heavy (non-hydrogen) atoms. The van der Waals surface area contributed by atoms with E-state index in [0.29, 0.717) is 0 Å². The molecule has 80 valence electrons. The smallest absolute Gasteiger partial charge is 0.264 e. The third-order valence-electron chi connectivity index (χ3n) is 1.95. The third-order valence-corrected chi connectivity index (χ3v) is 2.63. The highest BCUT2D eigenvalue weighted by atomic mass is 79.9. The Morgan fingerprint density at radius 2 is 2.27 bits per heavy atom. The molecule has 1 aromatic heterocycles. The fourth-order valence-electron chi connectivity index (χ4n) is 1.27. The van der Waals surface area contributed by atoms with E-state index in [4.69, 9.17) is 11.0 Å². The van der Waals surface area contributed by atoms with Gasteiger partial charge in [-0.2, -0.15) is 5.26 Å². The summed E-state index contributed by atoms with van der Waals surface area (Å²) < 4.78 is 25.8. The second-order valence-corrected chi connectivity index (χ2v) is 3.56. The van der Waals surface area contributed by atoms with Gasteiger partial charge in [-0.1, -0.05) is 0 Å². The number of rotatable bonds is 3. The summed E-state index contributed by atoms with van der Waals surface area (Å²) in [6.45, 7) is -0.0155. The molecular formula is C9H8BrF2N3. The van der Waals surface area contributed by atoms with E-state index < -0.39 is 6.43 Å². The molecule has 0 aromatic carbocycles. The monoisotopic (exact) mass is 275 g/mol. The van der Waals surface area contributed by atoms with E-state index in [1.807, 2.05) is 6.07 Å². The molecule has 6 heteroatoms. The lowest BCUT2D eigenvalue weighted by molar-refractivity contribution is 0.149. The summed E-state index contributed by atoms with van der Waals surface area (Å²) in [5.41, 5.74) is 5.65. The maximum Gasteiger partial charge on any atom is 0.264 e. The Kier molecular flexibility index (Phi) is 4.12. The van der Waals surface area contributed by atoms with E-state index in [-0.39, 0.29) is 34.3 Å². The Bertz CT molecular complexity index is 401. The molecule has 1 heterocycles. The summed E-state index contributed by atoms with van der Waals surface area (Å²) in [6.07, 6.45) is -1.46. The van der Waals surface area contributed by atoms with Crippen molar-refractivity contribution in [2.75, 3.05) is 0 Å². The molecule has 0 fully saturated rings. The third kappa shape index (κ3) is 2.49.